The Morgan fingerprint density at radius 2 is 2.02 bits per heavy atom. The second-order valence-electron chi connectivity index (χ2n) is 9.51. The number of nitrogens with zero attached hydrogens (tertiary/aromatic N) is 2. The first-order valence-electron chi connectivity index (χ1n) is 13.1. The van der Waals surface area contributed by atoms with Crippen LogP contribution in [0.5, 0.6) is 11.5 Å². The van der Waals surface area contributed by atoms with Crippen LogP contribution >= 0.6 is 33.2 Å². The Morgan fingerprint density at radius 3 is 2.79 bits per heavy atom. The molecule has 2 atom stereocenters. The molecule has 1 saturated heterocycles. The molecule has 4 aromatic rings. The standard InChI is InChI=1S/C29H28ClFN4O5S2/c30-23-9-19(4-5-26(23)39-14-17-2-1-3-18(31)8-17)34-29-22-11-25(35-28(38)10-21-6-7-41-42-21)27(40-15-20(37)13-36)12-24(22)32-16-33-29/h1-5,8-9,11-12,16,20-21,36-37H,6-7,10,13-15H2,(H,35,38)(H,32,33,34). The largest absolute Gasteiger partial charge is 0.489 e. The predicted molar refractivity (Wildman–Crippen MR) is 165 cm³/mol. The van der Waals surface area contributed by atoms with Gasteiger partial charge in [0.25, 0.3) is 0 Å². The number of aromatic nitrogens is 2. The third kappa shape index (κ3) is 7.96. The second kappa shape index (κ2) is 14.3. The van der Waals surface area contributed by atoms with Crippen LogP contribution in [0.3, 0.4) is 0 Å². The number of rotatable bonds is 12. The Kier molecular flexibility index (Phi) is 10.2. The van der Waals surface area contributed by atoms with Crippen LogP contribution < -0.4 is 20.1 Å². The first-order valence-corrected chi connectivity index (χ1v) is 15.9. The molecule has 0 bridgehead atoms. The molecule has 13 heteroatoms. The highest BCUT2D eigenvalue weighted by Gasteiger charge is 2.21. The lowest BCUT2D eigenvalue weighted by atomic mass is 10.1. The fourth-order valence-corrected chi connectivity index (χ4v) is 7.31. The van der Waals surface area contributed by atoms with Gasteiger partial charge in [0.1, 0.15) is 48.8 Å². The van der Waals surface area contributed by atoms with Crippen molar-refractivity contribution >= 4 is 67.2 Å². The molecular formula is C29H28ClFN4O5S2. The van der Waals surface area contributed by atoms with Gasteiger partial charge >= 0.3 is 0 Å². The van der Waals surface area contributed by atoms with Crippen molar-refractivity contribution in [1.29, 1.82) is 0 Å². The van der Waals surface area contributed by atoms with E-state index in [0.717, 1.165) is 12.2 Å². The number of hydrogen-bond donors (Lipinski definition) is 4. The zero-order valence-corrected chi connectivity index (χ0v) is 24.6. The molecule has 4 N–H and O–H groups in total. The summed E-state index contributed by atoms with van der Waals surface area (Å²) < 4.78 is 25.0. The molecule has 220 valence electrons. The van der Waals surface area contributed by atoms with E-state index in [4.69, 9.17) is 21.1 Å². The number of anilines is 3. The second-order valence-corrected chi connectivity index (χ2v) is 12.7. The number of ether oxygens (including phenoxy) is 2. The van der Waals surface area contributed by atoms with Crippen LogP contribution in [0.15, 0.2) is 60.9 Å². The number of carbonyl (C=O) groups is 1. The van der Waals surface area contributed by atoms with E-state index in [0.29, 0.717) is 56.6 Å². The lowest BCUT2D eigenvalue weighted by Crippen LogP contribution is -2.22. The van der Waals surface area contributed by atoms with Gasteiger partial charge < -0.3 is 30.3 Å². The van der Waals surface area contributed by atoms with Crippen LogP contribution in [-0.4, -0.2) is 56.4 Å². The van der Waals surface area contributed by atoms with Crippen molar-refractivity contribution in [3.05, 3.63) is 77.3 Å². The Balaban J connectivity index is 1.37. The fraction of sp³-hybridized carbons (Fsp3) is 0.276. The number of carbonyl (C=O) groups excluding carboxylic acids is 1. The molecule has 0 radical (unpaired) electrons. The summed E-state index contributed by atoms with van der Waals surface area (Å²) in [4.78, 5) is 21.6. The van der Waals surface area contributed by atoms with Gasteiger partial charge in [0.05, 0.1) is 22.8 Å². The van der Waals surface area contributed by atoms with Crippen LogP contribution in [-0.2, 0) is 11.4 Å². The van der Waals surface area contributed by atoms with E-state index < -0.39 is 12.7 Å². The summed E-state index contributed by atoms with van der Waals surface area (Å²) in [6.07, 6.45) is 1.63. The lowest BCUT2D eigenvalue weighted by Gasteiger charge is -2.17. The number of halogens is 2. The average molecular weight is 631 g/mol. The van der Waals surface area contributed by atoms with Crippen molar-refractivity contribution in [2.24, 2.45) is 0 Å². The Bertz CT molecular complexity index is 1560. The van der Waals surface area contributed by atoms with Crippen LogP contribution in [0.2, 0.25) is 5.02 Å². The predicted octanol–water partition coefficient (Wildman–Crippen LogP) is 5.96. The van der Waals surface area contributed by atoms with Crippen molar-refractivity contribution in [2.45, 2.75) is 30.8 Å². The summed E-state index contributed by atoms with van der Waals surface area (Å²) in [7, 11) is 3.47. The molecule has 42 heavy (non-hydrogen) atoms. The first kappa shape index (κ1) is 30.2. The maximum Gasteiger partial charge on any atom is 0.225 e. The minimum atomic E-state index is -1.08. The lowest BCUT2D eigenvalue weighted by molar-refractivity contribution is -0.116. The van der Waals surface area contributed by atoms with E-state index >= 15 is 0 Å². The topological polar surface area (TPSA) is 126 Å². The maximum atomic E-state index is 13.5. The fourth-order valence-electron chi connectivity index (χ4n) is 4.18. The summed E-state index contributed by atoms with van der Waals surface area (Å²) in [6.45, 7) is -0.463. The molecule has 3 aromatic carbocycles. The van der Waals surface area contributed by atoms with Crippen LogP contribution in [0, 0.1) is 5.82 Å². The van der Waals surface area contributed by atoms with Crippen LogP contribution in [0.1, 0.15) is 18.4 Å². The van der Waals surface area contributed by atoms with Gasteiger partial charge in [-0.2, -0.15) is 0 Å². The molecule has 1 aliphatic heterocycles. The molecular weight excluding hydrogens is 603 g/mol. The minimum Gasteiger partial charge on any atom is -0.489 e. The highest BCUT2D eigenvalue weighted by molar-refractivity contribution is 8.77. The van der Waals surface area contributed by atoms with Crippen LogP contribution in [0.25, 0.3) is 10.9 Å². The van der Waals surface area contributed by atoms with Crippen molar-refractivity contribution < 1.29 is 28.9 Å². The van der Waals surface area contributed by atoms with Crippen molar-refractivity contribution in [2.75, 3.05) is 29.6 Å². The smallest absolute Gasteiger partial charge is 0.225 e. The van der Waals surface area contributed by atoms with Gasteiger partial charge in [-0.15, -0.1) is 0 Å². The Morgan fingerprint density at radius 1 is 1.14 bits per heavy atom. The van der Waals surface area contributed by atoms with Gasteiger partial charge in [-0.25, -0.2) is 14.4 Å². The third-order valence-electron chi connectivity index (χ3n) is 6.27. The number of hydrogen-bond acceptors (Lipinski definition) is 10. The number of aliphatic hydroxyl groups excluding tert-OH is 2. The van der Waals surface area contributed by atoms with E-state index in [1.807, 2.05) is 0 Å². The molecule has 0 aliphatic carbocycles. The van der Waals surface area contributed by atoms with Crippen molar-refractivity contribution in [3.63, 3.8) is 0 Å². The zero-order valence-electron chi connectivity index (χ0n) is 22.3. The third-order valence-corrected chi connectivity index (χ3v) is 9.50. The molecule has 9 nitrogen and oxygen atoms in total. The van der Waals surface area contributed by atoms with E-state index in [1.54, 1.807) is 64.1 Å². The Hall–Kier alpha value is -3.29. The highest BCUT2D eigenvalue weighted by Crippen LogP contribution is 2.40. The first-order chi connectivity index (χ1) is 20.4. The van der Waals surface area contributed by atoms with Gasteiger partial charge in [-0.05, 0) is 48.4 Å². The van der Waals surface area contributed by atoms with E-state index in [9.17, 15) is 19.4 Å². The molecule has 5 rings (SSSR count). The van der Waals surface area contributed by atoms with E-state index in [2.05, 4.69) is 20.6 Å². The minimum absolute atomic E-state index is 0.158. The summed E-state index contributed by atoms with van der Waals surface area (Å²) in [6, 6.07) is 14.7. The maximum absolute atomic E-state index is 13.5. The number of aliphatic hydroxyl groups is 2. The molecule has 1 amide bonds. The molecule has 1 fully saturated rings. The summed E-state index contributed by atoms with van der Waals surface area (Å²) in [5.74, 6) is 1.73. The van der Waals surface area contributed by atoms with E-state index in [1.165, 1.54) is 18.5 Å². The van der Waals surface area contributed by atoms with Gasteiger partial charge in [0.2, 0.25) is 5.91 Å². The molecule has 2 unspecified atom stereocenters. The van der Waals surface area contributed by atoms with E-state index in [-0.39, 0.29) is 30.2 Å². The number of nitrogens with one attached hydrogen (secondary N) is 2. The molecule has 0 spiro atoms. The Labute approximate surface area is 254 Å². The molecule has 1 aromatic heterocycles. The summed E-state index contributed by atoms with van der Waals surface area (Å²) in [5, 5.41) is 26.4. The van der Waals surface area contributed by atoms with Crippen molar-refractivity contribution in [3.8, 4) is 11.5 Å². The number of amides is 1. The van der Waals surface area contributed by atoms with Gasteiger partial charge in [-0.1, -0.05) is 45.3 Å². The summed E-state index contributed by atoms with van der Waals surface area (Å²) >= 11 is 6.48. The van der Waals surface area contributed by atoms with Crippen LogP contribution in [0.4, 0.5) is 21.6 Å². The zero-order chi connectivity index (χ0) is 29.5. The number of fused-ring (bicyclic) bond motifs is 1. The summed E-state index contributed by atoms with van der Waals surface area (Å²) in [5.41, 5.74) is 2.23. The molecule has 0 saturated carbocycles. The highest BCUT2D eigenvalue weighted by atomic mass is 35.5. The average Bonchev–Trinajstić information content (AvgIpc) is 3.48. The molecule has 1 aliphatic rings. The van der Waals surface area contributed by atoms with Crippen molar-refractivity contribution in [1.82, 2.24) is 9.97 Å². The monoisotopic (exact) mass is 630 g/mol. The quantitative estimate of drug-likeness (QED) is 0.139. The SMILES string of the molecule is O=C(CC1CCSS1)Nc1cc2c(Nc3ccc(OCc4cccc(F)c4)c(Cl)c3)ncnc2cc1OCC(O)CO. The molecule has 2 heterocycles. The van der Waals surface area contributed by atoms with Gasteiger partial charge in [0.15, 0.2) is 0 Å². The van der Waals surface area contributed by atoms with Gasteiger partial charge in [0, 0.05) is 34.6 Å². The number of benzene rings is 3. The normalized spacial score (nSPS) is 15.4. The van der Waals surface area contributed by atoms with Gasteiger partial charge in [-0.3, -0.25) is 4.79 Å².